The third-order valence-corrected chi connectivity index (χ3v) is 5.89. The van der Waals surface area contributed by atoms with Crippen LogP contribution in [-0.4, -0.2) is 30.6 Å². The fourth-order valence-corrected chi connectivity index (χ4v) is 4.03. The smallest absolute Gasteiger partial charge is 0.265 e. The Morgan fingerprint density at radius 1 is 1.17 bits per heavy atom. The number of ether oxygens (including phenoxy) is 2. The van der Waals surface area contributed by atoms with Crippen LogP contribution in [0.1, 0.15) is 31.3 Å². The summed E-state index contributed by atoms with van der Waals surface area (Å²) in [7, 11) is 0. The van der Waals surface area contributed by atoms with E-state index in [1.807, 2.05) is 42.6 Å². The number of amides is 1. The van der Waals surface area contributed by atoms with Crippen LogP contribution in [0, 0.1) is 6.92 Å². The number of aryl methyl sites for hydroxylation is 1. The maximum atomic E-state index is 12.5. The Kier molecular flexibility index (Phi) is 5.52. The second kappa shape index (κ2) is 8.11. The molecule has 0 saturated carbocycles. The van der Waals surface area contributed by atoms with Gasteiger partial charge in [-0.2, -0.15) is 0 Å². The summed E-state index contributed by atoms with van der Waals surface area (Å²) in [5.41, 5.74) is 4.02. The molecule has 30 heavy (non-hydrogen) atoms. The highest BCUT2D eigenvalue weighted by Gasteiger charge is 2.26. The fourth-order valence-electron chi connectivity index (χ4n) is 3.41. The molecule has 0 bridgehead atoms. The summed E-state index contributed by atoms with van der Waals surface area (Å²) < 4.78 is 11.5. The molecule has 0 saturated heterocycles. The summed E-state index contributed by atoms with van der Waals surface area (Å²) >= 11 is 1.61. The number of carbonyl (C=O) groups is 1. The van der Waals surface area contributed by atoms with Gasteiger partial charge in [-0.3, -0.25) is 4.79 Å². The lowest BCUT2D eigenvalue weighted by molar-refractivity contribution is -0.121. The molecule has 2 aromatic carbocycles. The van der Waals surface area contributed by atoms with Gasteiger partial charge < -0.3 is 14.4 Å². The van der Waals surface area contributed by atoms with Crippen LogP contribution >= 0.6 is 11.3 Å². The molecule has 156 valence electrons. The summed E-state index contributed by atoms with van der Waals surface area (Å²) in [5, 5.41) is 3.04. The van der Waals surface area contributed by atoms with Crippen molar-refractivity contribution in [1.29, 1.82) is 0 Å². The average molecular weight is 423 g/mol. The molecule has 0 unspecified atom stereocenters. The first-order chi connectivity index (χ1) is 14.3. The van der Waals surface area contributed by atoms with Crippen molar-refractivity contribution in [1.82, 2.24) is 4.98 Å². The normalized spacial score (nSPS) is 13.7. The maximum Gasteiger partial charge on any atom is 0.265 e. The van der Waals surface area contributed by atoms with Gasteiger partial charge in [-0.25, -0.2) is 4.98 Å². The summed E-state index contributed by atoms with van der Waals surface area (Å²) in [6.45, 7) is 9.44. The summed E-state index contributed by atoms with van der Waals surface area (Å²) in [5.74, 6) is 1.44. The molecule has 1 aliphatic rings. The monoisotopic (exact) mass is 422 g/mol. The second-order valence-corrected chi connectivity index (χ2v) is 9.45. The molecule has 3 aromatic rings. The maximum absolute atomic E-state index is 12.5. The van der Waals surface area contributed by atoms with E-state index < -0.39 is 0 Å². The highest BCUT2D eigenvalue weighted by atomic mass is 32.1. The zero-order chi connectivity index (χ0) is 21.3. The van der Waals surface area contributed by atoms with E-state index in [4.69, 9.17) is 9.47 Å². The lowest BCUT2D eigenvalue weighted by Crippen LogP contribution is -2.41. The van der Waals surface area contributed by atoms with Gasteiger partial charge in [-0.05, 0) is 48.2 Å². The van der Waals surface area contributed by atoms with Gasteiger partial charge in [-0.15, -0.1) is 11.3 Å². The number of rotatable bonds is 5. The van der Waals surface area contributed by atoms with E-state index in [9.17, 15) is 4.79 Å². The van der Waals surface area contributed by atoms with Crippen molar-refractivity contribution in [2.24, 2.45) is 0 Å². The molecule has 0 N–H and O–H groups in total. The fraction of sp³-hybridized carbons (Fsp3) is 0.333. The van der Waals surface area contributed by atoms with E-state index in [-0.39, 0.29) is 17.9 Å². The van der Waals surface area contributed by atoms with Gasteiger partial charge >= 0.3 is 0 Å². The van der Waals surface area contributed by atoms with Crippen molar-refractivity contribution in [3.63, 3.8) is 0 Å². The van der Waals surface area contributed by atoms with Gasteiger partial charge in [0.25, 0.3) is 5.91 Å². The number of benzene rings is 2. The van der Waals surface area contributed by atoms with E-state index in [1.165, 1.54) is 5.56 Å². The van der Waals surface area contributed by atoms with Crippen LogP contribution in [0.25, 0.3) is 11.3 Å². The first-order valence-corrected chi connectivity index (χ1v) is 10.9. The molecule has 0 radical (unpaired) electrons. The van der Waals surface area contributed by atoms with Crippen LogP contribution in [-0.2, 0) is 10.2 Å². The molecule has 4 rings (SSSR count). The van der Waals surface area contributed by atoms with Gasteiger partial charge in [0.1, 0.15) is 18.1 Å². The Morgan fingerprint density at radius 3 is 2.60 bits per heavy atom. The van der Waals surface area contributed by atoms with Gasteiger partial charge in [0.15, 0.2) is 6.61 Å². The molecule has 6 heteroatoms. The van der Waals surface area contributed by atoms with Gasteiger partial charge in [0.05, 0.1) is 22.9 Å². The molecule has 0 fully saturated rings. The first kappa shape index (κ1) is 20.4. The number of nitrogens with zero attached hydrogens (tertiary/aromatic N) is 2. The average Bonchev–Trinajstić information content (AvgIpc) is 3.15. The predicted octanol–water partition coefficient (Wildman–Crippen LogP) is 5.22. The van der Waals surface area contributed by atoms with Crippen molar-refractivity contribution in [3.8, 4) is 22.8 Å². The predicted molar refractivity (Wildman–Crippen MR) is 121 cm³/mol. The summed E-state index contributed by atoms with van der Waals surface area (Å²) in [6, 6.07) is 14.0. The van der Waals surface area contributed by atoms with Gasteiger partial charge in [-0.1, -0.05) is 32.9 Å². The number of anilines is 1. The zero-order valence-corrected chi connectivity index (χ0v) is 18.6. The lowest BCUT2D eigenvalue weighted by Gasteiger charge is -2.29. The van der Waals surface area contributed by atoms with Gasteiger partial charge in [0, 0.05) is 10.9 Å². The summed E-state index contributed by atoms with van der Waals surface area (Å²) in [6.07, 6.45) is 0. The van der Waals surface area contributed by atoms with E-state index in [2.05, 4.69) is 37.9 Å². The molecule has 1 aliphatic heterocycles. The van der Waals surface area contributed by atoms with Crippen molar-refractivity contribution < 1.29 is 14.3 Å². The molecule has 5 nitrogen and oxygen atoms in total. The number of thiazole rings is 1. The van der Waals surface area contributed by atoms with Crippen molar-refractivity contribution in [3.05, 3.63) is 58.4 Å². The number of carbonyl (C=O) groups excluding carboxylic acids is 1. The lowest BCUT2D eigenvalue weighted by atomic mass is 9.87. The molecule has 1 aromatic heterocycles. The van der Waals surface area contributed by atoms with Gasteiger partial charge in [0.2, 0.25) is 0 Å². The van der Waals surface area contributed by atoms with Crippen molar-refractivity contribution in [2.75, 3.05) is 24.7 Å². The Balaban J connectivity index is 1.47. The Hall–Kier alpha value is -2.86. The minimum absolute atomic E-state index is 0.0441. The first-order valence-electron chi connectivity index (χ1n) is 10.0. The quantitative estimate of drug-likeness (QED) is 0.566. The van der Waals surface area contributed by atoms with E-state index in [0.717, 1.165) is 27.7 Å². The molecule has 0 spiro atoms. The molecule has 1 amide bonds. The highest BCUT2D eigenvalue weighted by molar-refractivity contribution is 7.09. The minimum atomic E-state index is -0.0687. The van der Waals surface area contributed by atoms with Crippen LogP contribution in [0.3, 0.4) is 0 Å². The third-order valence-electron chi connectivity index (χ3n) is 5.12. The van der Waals surface area contributed by atoms with Crippen LogP contribution in [0.2, 0.25) is 0 Å². The Labute approximate surface area is 181 Å². The standard InChI is InChI=1S/C24H26N2O3S/c1-16-25-20(15-30-16)17-5-10-22-21(13-17)26(23(27)14-29-22)11-12-28-19-8-6-18(7-9-19)24(2,3)4/h5-10,13,15H,11-12,14H2,1-4H3. The minimum Gasteiger partial charge on any atom is -0.492 e. The number of fused-ring (bicyclic) bond motifs is 1. The van der Waals surface area contributed by atoms with Crippen LogP contribution in [0.15, 0.2) is 47.8 Å². The van der Waals surface area contributed by atoms with Crippen molar-refractivity contribution in [2.45, 2.75) is 33.1 Å². The van der Waals surface area contributed by atoms with E-state index >= 15 is 0 Å². The topological polar surface area (TPSA) is 51.7 Å². The summed E-state index contributed by atoms with van der Waals surface area (Å²) in [4.78, 5) is 18.8. The zero-order valence-electron chi connectivity index (χ0n) is 17.8. The number of aromatic nitrogens is 1. The SMILES string of the molecule is Cc1nc(-c2ccc3c(c2)N(CCOc2ccc(C(C)(C)C)cc2)C(=O)CO3)cs1. The van der Waals surface area contributed by atoms with Crippen LogP contribution < -0.4 is 14.4 Å². The molecule has 0 aliphatic carbocycles. The van der Waals surface area contributed by atoms with Crippen molar-refractivity contribution >= 4 is 22.9 Å². The highest BCUT2D eigenvalue weighted by Crippen LogP contribution is 2.36. The third kappa shape index (κ3) is 4.33. The van der Waals surface area contributed by atoms with E-state index in [0.29, 0.717) is 18.9 Å². The van der Waals surface area contributed by atoms with Crippen LogP contribution in [0.5, 0.6) is 11.5 Å². The van der Waals surface area contributed by atoms with Crippen LogP contribution in [0.4, 0.5) is 5.69 Å². The second-order valence-electron chi connectivity index (χ2n) is 8.39. The van der Waals surface area contributed by atoms with E-state index in [1.54, 1.807) is 16.2 Å². The Bertz CT molecular complexity index is 1050. The number of hydrogen-bond acceptors (Lipinski definition) is 5. The number of hydrogen-bond donors (Lipinski definition) is 0. The Morgan fingerprint density at radius 2 is 1.93 bits per heavy atom. The molecule has 0 atom stereocenters. The largest absolute Gasteiger partial charge is 0.492 e. The molecular weight excluding hydrogens is 396 g/mol. The molecule has 2 heterocycles. The molecular formula is C24H26N2O3S.